The van der Waals surface area contributed by atoms with E-state index in [2.05, 4.69) is 76.1 Å². The summed E-state index contributed by atoms with van der Waals surface area (Å²) in [6.45, 7) is -6.40. The fourth-order valence-corrected chi connectivity index (χ4v) is 10.2. The maximum absolute atomic E-state index is 11.9. The number of nitrogens with one attached hydrogen (secondary N) is 8. The van der Waals surface area contributed by atoms with E-state index in [1.54, 1.807) is 0 Å². The van der Waals surface area contributed by atoms with Gasteiger partial charge in [0, 0.05) is 81.7 Å². The lowest BCUT2D eigenvalue weighted by Gasteiger charge is -2.32. The van der Waals surface area contributed by atoms with E-state index in [1.807, 2.05) is 33.0 Å². The summed E-state index contributed by atoms with van der Waals surface area (Å²) in [5, 5.41) is 53.4. The van der Waals surface area contributed by atoms with E-state index in [1.165, 1.54) is 33.9 Å². The summed E-state index contributed by atoms with van der Waals surface area (Å²) < 4.78 is 185. The number of primary amides is 4. The number of nitrogens with two attached hydrogens (primary N) is 4. The molecule has 0 saturated heterocycles. The second kappa shape index (κ2) is 32.3. The number of hydrogen-bond donors (Lipinski definition) is 16. The maximum atomic E-state index is 11.9. The fraction of sp³-hybridized carbons (Fsp3) is 0.688. The van der Waals surface area contributed by atoms with Gasteiger partial charge in [-0.1, -0.05) is 27.7 Å². The number of carbonyl (C=O) groups excluding carboxylic acids is 4. The molecule has 0 radical (unpaired) electrons. The molecule has 4 aromatic rings. The standard InChI is InChI=1S/4C16H27N5O2/c4*1-9-5-6-10(7-12(9)22)19-14-11(13(17)23)8-18-15(20-14)21-16(2,3)4/h4*8-10,12,22H,5-7H2,1-4H3,(H2,17,23)(H2,18,19,20,21)/i2D3,3D3,4D3,8D;2D3,3D3,8D;2D3,8D;2D3. The highest BCUT2D eigenvalue weighted by Crippen LogP contribution is 2.30. The van der Waals surface area contributed by atoms with Crippen molar-refractivity contribution in [1.82, 2.24) is 39.9 Å². The van der Waals surface area contributed by atoms with E-state index >= 15 is 0 Å². The van der Waals surface area contributed by atoms with Crippen LogP contribution in [-0.2, 0) is 0 Å². The monoisotopic (exact) mass is 1310 g/mol. The van der Waals surface area contributed by atoms with Crippen molar-refractivity contribution in [2.75, 3.05) is 26.6 Å². The van der Waals surface area contributed by atoms with Gasteiger partial charge in [-0.15, -0.1) is 0 Å². The molecule has 0 spiro atoms. The molecule has 0 bridgehead atoms. The van der Waals surface area contributed by atoms with Crippen LogP contribution in [0.4, 0.5) is 29.6 Å². The largest absolute Gasteiger partial charge is 0.393 e. The molecule has 4 aliphatic rings. The van der Waals surface area contributed by atoms with Crippen LogP contribution in [0.5, 0.6) is 0 Å². The van der Waals surface area contributed by atoms with Crippen LogP contribution in [0.1, 0.15) is 262 Å². The number of rotatable bonds is 13. The quantitative estimate of drug-likeness (QED) is 0.0812. The van der Waals surface area contributed by atoms with Crippen molar-refractivity contribution >= 4 is 53.2 Å². The van der Waals surface area contributed by atoms with Gasteiger partial charge in [0.05, 0.1) is 68.9 Å². The summed E-state index contributed by atoms with van der Waals surface area (Å²) in [6, 6.07) is -1.15. The molecule has 4 fully saturated rings. The third-order valence-corrected chi connectivity index (χ3v) is 15.4. The molecule has 4 aliphatic carbocycles. The van der Waals surface area contributed by atoms with Gasteiger partial charge in [0.15, 0.2) is 0 Å². The third-order valence-electron chi connectivity index (χ3n) is 15.4. The van der Waals surface area contributed by atoms with Gasteiger partial charge in [-0.05, 0) is 183 Å². The van der Waals surface area contributed by atoms with Crippen LogP contribution >= 0.6 is 0 Å². The molecule has 4 amide bonds. The molecule has 28 heteroatoms. The van der Waals surface area contributed by atoms with Gasteiger partial charge in [0.2, 0.25) is 23.8 Å². The van der Waals surface area contributed by atoms with Crippen molar-refractivity contribution < 1.29 is 72.5 Å². The zero-order chi connectivity index (χ0) is 88.9. The zero-order valence-corrected chi connectivity index (χ0v) is 53.3. The molecule has 28 nitrogen and oxygen atoms in total. The van der Waals surface area contributed by atoms with E-state index < -0.39 is 154 Å². The Morgan fingerprint density at radius 3 is 1.14 bits per heavy atom. The first kappa shape index (κ1) is 46.5. The molecule has 12 atom stereocenters. The predicted molar refractivity (Wildman–Crippen MR) is 357 cm³/mol. The molecule has 20 N–H and O–H groups in total. The number of hydrogen-bond acceptors (Lipinski definition) is 21. The predicted octanol–water partition coefficient (Wildman–Crippen LogP) is 5.25. The van der Waals surface area contributed by atoms with Crippen molar-refractivity contribution in [3.63, 3.8) is 0 Å². The lowest BCUT2D eigenvalue weighted by molar-refractivity contribution is 0.0702. The minimum Gasteiger partial charge on any atom is -0.393 e. The number of aromatic amines is 3. The summed E-state index contributed by atoms with van der Waals surface area (Å²) in [5.74, 6) is -3.73. The maximum Gasteiger partial charge on any atom is 0.254 e. The van der Waals surface area contributed by atoms with Crippen molar-refractivity contribution in [3.05, 3.63) is 63.4 Å². The topological polar surface area (TPSA) is 462 Å². The molecular weight excluding hydrogens is 1180 g/mol. The molecule has 8 rings (SSSR count). The second-order valence-electron chi connectivity index (χ2n) is 25.4. The molecular formula is C64H108N20O8. The third kappa shape index (κ3) is 24.8. The first-order valence-electron chi connectivity index (χ1n) is 42.2. The normalized spacial score (nSPS) is 30.6. The summed E-state index contributed by atoms with van der Waals surface area (Å²) in [5.41, 5.74) is 11.9. The van der Waals surface area contributed by atoms with Crippen LogP contribution in [0.3, 0.4) is 0 Å². The number of carbonyl (C=O) groups is 4. The Bertz CT molecular complexity index is 4280. The van der Waals surface area contributed by atoms with Crippen LogP contribution in [-0.4, -0.2) is 155 Å². The molecule has 4 aromatic heterocycles. The Hall–Kier alpha value is -7.56. The summed E-state index contributed by atoms with van der Waals surface area (Å²) >= 11 is 0. The van der Waals surface area contributed by atoms with E-state index in [0.717, 1.165) is 32.6 Å². The molecule has 0 aliphatic heterocycles. The van der Waals surface area contributed by atoms with Crippen molar-refractivity contribution in [2.45, 2.75) is 258 Å². The van der Waals surface area contributed by atoms with E-state index in [9.17, 15) is 39.6 Å². The van der Waals surface area contributed by atoms with Crippen LogP contribution in [0.15, 0.2) is 39.7 Å². The zero-order valence-electron chi connectivity index (χ0n) is 77.3. The Kier molecular flexibility index (Phi) is 16.3. The van der Waals surface area contributed by atoms with Crippen LogP contribution < -0.4 is 66.0 Å². The first-order chi connectivity index (χ1) is 52.6. The Morgan fingerprint density at radius 2 is 0.804 bits per heavy atom. The number of aliphatic hydroxyl groups is 4. The molecule has 512 valence electrons. The number of amides is 4. The average molecular weight is 1310 g/mol. The van der Waals surface area contributed by atoms with Crippen molar-refractivity contribution in [1.29, 1.82) is 0 Å². The Balaban J connectivity index is 0.000000277. The van der Waals surface area contributed by atoms with Crippen molar-refractivity contribution in [3.8, 4) is 0 Å². The number of aliphatic hydroxyl groups excluding tert-OH is 4. The molecule has 0 aromatic carbocycles. The van der Waals surface area contributed by atoms with Crippen LogP contribution in [0, 0.1) is 23.7 Å². The average Bonchev–Trinajstić information content (AvgIpc) is 0.720. The Labute approximate surface area is 574 Å². The summed E-state index contributed by atoms with van der Waals surface area (Å²) in [4.78, 5) is 87.9. The van der Waals surface area contributed by atoms with E-state index in [-0.39, 0.29) is 105 Å². The van der Waals surface area contributed by atoms with E-state index in [4.69, 9.17) is 55.8 Å². The number of anilines is 5. The smallest absolute Gasteiger partial charge is 0.254 e. The molecule has 12 unspecified atom stereocenters. The van der Waals surface area contributed by atoms with Crippen LogP contribution in [0.2, 0.25) is 0 Å². The molecule has 4 saturated carbocycles. The first-order valence-corrected chi connectivity index (χ1v) is 30.2. The molecule has 92 heavy (non-hydrogen) atoms. The van der Waals surface area contributed by atoms with Gasteiger partial charge in [-0.2, -0.15) is 4.98 Å². The number of aromatic nitrogens is 8. The highest BCUT2D eigenvalue weighted by molar-refractivity contribution is 5.97. The van der Waals surface area contributed by atoms with Gasteiger partial charge in [0.1, 0.15) is 22.3 Å². The lowest BCUT2D eigenvalue weighted by Crippen LogP contribution is -2.36. The SMILES string of the molecule is [2H]C([2H])([2H])C(C)(C)Nc1ncc(C(N)=O)c(NC2CCC(C)C(O)C2)n1.[2H]c1nc(NC(C([2H])([2H])[2H])(C([2H])([2H])[2H])C([2H])([2H])[2H])[nH]c(=NC2CCC(C)C(O)C2)c1C(N)=O.[2H]c1nc(NC(C)(C([2H])([2H])[2H])C([2H])([2H])[2H])[nH]c(=NC2CCC(C)C(O)C2)c1C(N)=O.[2H]c1nc(NC(C)(C)C([2H])([2H])[2H])[nH]c(=NC2CCC(C)C(O)C2)c1C(N)=O. The minimum absolute atomic E-state index is 0.00889. The Morgan fingerprint density at radius 1 is 0.478 bits per heavy atom. The van der Waals surface area contributed by atoms with Crippen molar-refractivity contribution in [2.24, 2.45) is 61.6 Å². The number of H-pyrrole nitrogens is 3. The van der Waals surface area contributed by atoms with E-state index in [0.29, 0.717) is 44.9 Å². The summed E-state index contributed by atoms with van der Waals surface area (Å²) in [6.07, 6.45) is 4.65. The minimum atomic E-state index is -3.56. The summed E-state index contributed by atoms with van der Waals surface area (Å²) in [7, 11) is 0. The van der Waals surface area contributed by atoms with Gasteiger partial charge in [0.25, 0.3) is 23.6 Å². The van der Waals surface area contributed by atoms with Gasteiger partial charge < -0.3 is 84.9 Å². The lowest BCUT2D eigenvalue weighted by atomic mass is 9.85. The van der Waals surface area contributed by atoms with Gasteiger partial charge in [-0.25, -0.2) is 19.9 Å². The molecule has 4 heterocycles. The van der Waals surface area contributed by atoms with Gasteiger partial charge in [-0.3, -0.25) is 34.2 Å². The highest BCUT2D eigenvalue weighted by atomic mass is 16.3. The fourth-order valence-electron chi connectivity index (χ4n) is 10.2. The second-order valence-corrected chi connectivity index (χ2v) is 25.4. The van der Waals surface area contributed by atoms with Crippen LogP contribution in [0.25, 0.3) is 0 Å². The highest BCUT2D eigenvalue weighted by Gasteiger charge is 2.31. The number of nitrogens with zero attached hydrogens (tertiary/aromatic N) is 8. The van der Waals surface area contributed by atoms with Gasteiger partial charge >= 0.3 is 0 Å².